The largest absolute Gasteiger partial charge is 0.497 e. The van der Waals surface area contributed by atoms with E-state index in [1.807, 2.05) is 54.6 Å². The van der Waals surface area contributed by atoms with E-state index >= 15 is 0 Å². The Hall–Kier alpha value is -4.59. The van der Waals surface area contributed by atoms with E-state index in [9.17, 15) is 9.59 Å². The van der Waals surface area contributed by atoms with Crippen LogP contribution >= 0.6 is 0 Å². The van der Waals surface area contributed by atoms with Crippen molar-refractivity contribution in [3.8, 4) is 28.4 Å². The van der Waals surface area contributed by atoms with Crippen molar-refractivity contribution in [3.63, 3.8) is 0 Å². The van der Waals surface area contributed by atoms with E-state index in [-0.39, 0.29) is 11.8 Å². The number of methoxy groups -OCH3 is 2. The summed E-state index contributed by atoms with van der Waals surface area (Å²) in [5, 5.41) is 7.68. The number of carbonyl (C=O) groups is 2. The molecule has 8 heteroatoms. The first-order valence-electron chi connectivity index (χ1n) is 11.7. The van der Waals surface area contributed by atoms with Crippen molar-refractivity contribution in [2.45, 2.75) is 12.8 Å². The van der Waals surface area contributed by atoms with Crippen LogP contribution in [0.2, 0.25) is 0 Å². The number of anilines is 2. The molecule has 2 amide bonds. The molecule has 2 heterocycles. The number of ether oxygens (including phenoxy) is 2. The van der Waals surface area contributed by atoms with Gasteiger partial charge in [-0.25, -0.2) is 4.68 Å². The summed E-state index contributed by atoms with van der Waals surface area (Å²) >= 11 is 0. The molecule has 4 aromatic rings. The molecule has 182 valence electrons. The quantitative estimate of drug-likeness (QED) is 0.404. The van der Waals surface area contributed by atoms with E-state index in [0.717, 1.165) is 23.4 Å². The van der Waals surface area contributed by atoms with Gasteiger partial charge in [0.2, 0.25) is 5.91 Å². The van der Waals surface area contributed by atoms with Crippen LogP contribution in [0.1, 0.15) is 23.2 Å². The van der Waals surface area contributed by atoms with Crippen molar-refractivity contribution < 1.29 is 19.1 Å². The van der Waals surface area contributed by atoms with Crippen molar-refractivity contribution in [1.82, 2.24) is 9.78 Å². The minimum Gasteiger partial charge on any atom is -0.497 e. The minimum absolute atomic E-state index is 0.0718. The first-order valence-corrected chi connectivity index (χ1v) is 11.7. The van der Waals surface area contributed by atoms with Gasteiger partial charge in [-0.15, -0.1) is 0 Å². The predicted octanol–water partition coefficient (Wildman–Crippen LogP) is 4.94. The maximum atomic E-state index is 13.5. The van der Waals surface area contributed by atoms with Crippen LogP contribution in [0.25, 0.3) is 16.9 Å². The average Bonchev–Trinajstić information content (AvgIpc) is 3.56. The van der Waals surface area contributed by atoms with Gasteiger partial charge >= 0.3 is 0 Å². The molecule has 3 aromatic carbocycles. The molecule has 1 saturated heterocycles. The zero-order valence-corrected chi connectivity index (χ0v) is 20.1. The Morgan fingerprint density at radius 1 is 0.972 bits per heavy atom. The highest BCUT2D eigenvalue weighted by molar-refractivity contribution is 6.08. The second-order valence-corrected chi connectivity index (χ2v) is 8.39. The molecule has 1 aliphatic rings. The molecule has 0 atom stereocenters. The SMILES string of the molecule is COc1ccc(-c2nn(-c3ccccc3)cc2C(=O)Nc2ccc(N3CCCC3=O)c(OC)c2)cc1. The lowest BCUT2D eigenvalue weighted by Gasteiger charge is -2.19. The predicted molar refractivity (Wildman–Crippen MR) is 138 cm³/mol. The molecule has 0 saturated carbocycles. The molecule has 0 radical (unpaired) electrons. The number of nitrogens with one attached hydrogen (secondary N) is 1. The molecule has 1 fully saturated rings. The highest BCUT2D eigenvalue weighted by Crippen LogP contribution is 2.34. The average molecular weight is 483 g/mol. The van der Waals surface area contributed by atoms with Crippen LogP contribution in [0.4, 0.5) is 11.4 Å². The molecule has 0 aliphatic carbocycles. The summed E-state index contributed by atoms with van der Waals surface area (Å²) in [6.07, 6.45) is 3.07. The van der Waals surface area contributed by atoms with Crippen molar-refractivity contribution in [2.75, 3.05) is 31.0 Å². The summed E-state index contributed by atoms with van der Waals surface area (Å²) in [6.45, 7) is 0.658. The summed E-state index contributed by atoms with van der Waals surface area (Å²) in [7, 11) is 3.16. The van der Waals surface area contributed by atoms with Gasteiger partial charge in [-0.2, -0.15) is 5.10 Å². The van der Waals surface area contributed by atoms with E-state index in [4.69, 9.17) is 14.6 Å². The smallest absolute Gasteiger partial charge is 0.259 e. The number of carbonyl (C=O) groups excluding carboxylic acids is 2. The Kier molecular flexibility index (Phi) is 6.40. The molecule has 1 aromatic heterocycles. The Morgan fingerprint density at radius 3 is 2.42 bits per heavy atom. The highest BCUT2D eigenvalue weighted by Gasteiger charge is 2.25. The Labute approximate surface area is 209 Å². The number of nitrogens with zero attached hydrogens (tertiary/aromatic N) is 3. The fourth-order valence-corrected chi connectivity index (χ4v) is 4.29. The van der Waals surface area contributed by atoms with Crippen molar-refractivity contribution >= 4 is 23.2 Å². The summed E-state index contributed by atoms with van der Waals surface area (Å²) in [4.78, 5) is 27.4. The zero-order valence-electron chi connectivity index (χ0n) is 20.1. The molecule has 36 heavy (non-hydrogen) atoms. The van der Waals surface area contributed by atoms with E-state index < -0.39 is 0 Å². The van der Waals surface area contributed by atoms with Crippen molar-refractivity contribution in [3.05, 3.63) is 84.6 Å². The second kappa shape index (κ2) is 9.95. The van der Waals surface area contributed by atoms with Crippen LogP contribution < -0.4 is 19.7 Å². The van der Waals surface area contributed by atoms with Crippen LogP contribution in [-0.4, -0.2) is 42.4 Å². The van der Waals surface area contributed by atoms with Crippen LogP contribution in [0.5, 0.6) is 11.5 Å². The molecular weight excluding hydrogens is 456 g/mol. The molecule has 0 spiro atoms. The van der Waals surface area contributed by atoms with Crippen LogP contribution in [0.3, 0.4) is 0 Å². The third kappa shape index (κ3) is 4.53. The number of aromatic nitrogens is 2. The van der Waals surface area contributed by atoms with Gasteiger partial charge in [0.1, 0.15) is 17.2 Å². The normalized spacial score (nSPS) is 13.1. The lowest BCUT2D eigenvalue weighted by molar-refractivity contribution is -0.117. The Balaban J connectivity index is 1.48. The standard InChI is InChI=1S/C28H26N4O4/c1-35-22-13-10-19(11-14-22)27-23(18-32(30-27)21-7-4-3-5-8-21)28(34)29-20-12-15-24(25(17-20)36-2)31-16-6-9-26(31)33/h3-5,7-8,10-15,17-18H,6,9,16H2,1-2H3,(H,29,34). The van der Waals surface area contributed by atoms with Gasteiger partial charge in [0, 0.05) is 36.5 Å². The van der Waals surface area contributed by atoms with Gasteiger partial charge in [0.15, 0.2) is 0 Å². The Bertz CT molecular complexity index is 1400. The fraction of sp³-hybridized carbons (Fsp3) is 0.179. The van der Waals surface area contributed by atoms with Crippen molar-refractivity contribution in [2.24, 2.45) is 0 Å². The number of benzene rings is 3. The molecule has 5 rings (SSSR count). The molecule has 1 aliphatic heterocycles. The number of hydrogen-bond acceptors (Lipinski definition) is 5. The number of hydrogen-bond donors (Lipinski definition) is 1. The number of amides is 2. The van der Waals surface area contributed by atoms with E-state index in [1.54, 1.807) is 48.2 Å². The lowest BCUT2D eigenvalue weighted by atomic mass is 10.1. The van der Waals surface area contributed by atoms with Gasteiger partial charge < -0.3 is 19.7 Å². The monoisotopic (exact) mass is 482 g/mol. The molecule has 0 unspecified atom stereocenters. The van der Waals surface area contributed by atoms with Gasteiger partial charge in [-0.05, 0) is 55.0 Å². The lowest BCUT2D eigenvalue weighted by Crippen LogP contribution is -2.24. The van der Waals surface area contributed by atoms with Gasteiger partial charge in [-0.1, -0.05) is 18.2 Å². The highest BCUT2D eigenvalue weighted by atomic mass is 16.5. The van der Waals surface area contributed by atoms with Gasteiger partial charge in [0.05, 0.1) is 31.2 Å². The van der Waals surface area contributed by atoms with Crippen LogP contribution in [0.15, 0.2) is 79.0 Å². The van der Waals surface area contributed by atoms with Crippen molar-refractivity contribution in [1.29, 1.82) is 0 Å². The Morgan fingerprint density at radius 2 is 1.75 bits per heavy atom. The third-order valence-electron chi connectivity index (χ3n) is 6.14. The summed E-state index contributed by atoms with van der Waals surface area (Å²) in [6, 6.07) is 22.3. The summed E-state index contributed by atoms with van der Waals surface area (Å²) < 4.78 is 12.5. The topological polar surface area (TPSA) is 85.7 Å². The fourth-order valence-electron chi connectivity index (χ4n) is 4.29. The van der Waals surface area contributed by atoms with Gasteiger partial charge in [-0.3, -0.25) is 9.59 Å². The minimum atomic E-state index is -0.310. The second-order valence-electron chi connectivity index (χ2n) is 8.39. The first kappa shape index (κ1) is 23.2. The summed E-state index contributed by atoms with van der Waals surface area (Å²) in [5.74, 6) is 1.01. The zero-order chi connectivity index (χ0) is 25.1. The number of para-hydroxylation sites is 1. The maximum absolute atomic E-state index is 13.5. The molecule has 8 nitrogen and oxygen atoms in total. The van der Waals surface area contributed by atoms with E-state index in [0.29, 0.717) is 41.3 Å². The molecular formula is C28H26N4O4. The van der Waals surface area contributed by atoms with E-state index in [1.165, 1.54) is 0 Å². The molecule has 1 N–H and O–H groups in total. The first-order chi connectivity index (χ1) is 17.6. The maximum Gasteiger partial charge on any atom is 0.259 e. The summed E-state index contributed by atoms with van der Waals surface area (Å²) in [5.41, 5.74) is 3.85. The van der Waals surface area contributed by atoms with Gasteiger partial charge in [0.25, 0.3) is 5.91 Å². The van der Waals surface area contributed by atoms with E-state index in [2.05, 4.69) is 5.32 Å². The van der Waals surface area contributed by atoms with Crippen LogP contribution in [-0.2, 0) is 4.79 Å². The molecule has 0 bridgehead atoms. The number of rotatable bonds is 7. The van der Waals surface area contributed by atoms with Crippen LogP contribution in [0, 0.1) is 0 Å². The third-order valence-corrected chi connectivity index (χ3v) is 6.14.